The number of aromatic nitrogens is 1. The summed E-state index contributed by atoms with van der Waals surface area (Å²) in [6.07, 6.45) is 1.67. The van der Waals surface area contributed by atoms with Crippen LogP contribution in [0.4, 0.5) is 11.4 Å². The lowest BCUT2D eigenvalue weighted by Gasteiger charge is -2.19. The average molecular weight is 563 g/mol. The SMILES string of the molecule is CN1CCN(c2ccc(S(=O)(=O)Nc3ccc(Cl)c(-c4nccc5ccccc45)c3)c(Cl)c2)S1(=O)=O. The van der Waals surface area contributed by atoms with E-state index in [1.807, 2.05) is 30.3 Å². The summed E-state index contributed by atoms with van der Waals surface area (Å²) in [6.45, 7) is 0.571. The second kappa shape index (κ2) is 9.20. The first kappa shape index (κ1) is 24.8. The number of rotatable bonds is 5. The second-order valence-electron chi connectivity index (χ2n) is 8.20. The van der Waals surface area contributed by atoms with Gasteiger partial charge in [0, 0.05) is 43.0 Å². The third-order valence-corrected chi connectivity index (χ3v) is 10.0. The molecule has 2 heterocycles. The van der Waals surface area contributed by atoms with Crippen LogP contribution in [0.25, 0.3) is 22.0 Å². The summed E-state index contributed by atoms with van der Waals surface area (Å²) < 4.78 is 56.2. The van der Waals surface area contributed by atoms with E-state index in [4.69, 9.17) is 23.2 Å². The molecule has 1 aromatic heterocycles. The maximum atomic E-state index is 13.2. The maximum absolute atomic E-state index is 13.2. The van der Waals surface area contributed by atoms with Gasteiger partial charge in [-0.25, -0.2) is 8.42 Å². The number of pyridine rings is 1. The molecule has 0 aliphatic carbocycles. The third-order valence-electron chi connectivity index (χ3n) is 5.93. The van der Waals surface area contributed by atoms with Crippen LogP contribution in [-0.4, -0.2) is 46.3 Å². The van der Waals surface area contributed by atoms with Crippen molar-refractivity contribution in [1.29, 1.82) is 0 Å². The van der Waals surface area contributed by atoms with Gasteiger partial charge >= 0.3 is 10.2 Å². The lowest BCUT2D eigenvalue weighted by Crippen LogP contribution is -2.30. The fraction of sp³-hybridized carbons (Fsp3) is 0.125. The summed E-state index contributed by atoms with van der Waals surface area (Å²) >= 11 is 12.8. The van der Waals surface area contributed by atoms with Gasteiger partial charge in [-0.3, -0.25) is 14.0 Å². The van der Waals surface area contributed by atoms with Gasteiger partial charge in [-0.1, -0.05) is 47.5 Å². The van der Waals surface area contributed by atoms with Crippen molar-refractivity contribution >= 4 is 65.6 Å². The molecular weight excluding hydrogens is 543 g/mol. The lowest BCUT2D eigenvalue weighted by atomic mass is 10.0. The number of likely N-dealkylation sites (N-methyl/N-ethyl adjacent to an activating group) is 1. The molecule has 186 valence electrons. The van der Waals surface area contributed by atoms with Crippen molar-refractivity contribution in [3.63, 3.8) is 0 Å². The molecule has 1 aliphatic heterocycles. The second-order valence-corrected chi connectivity index (χ2v) is 12.6. The van der Waals surface area contributed by atoms with Gasteiger partial charge in [0.1, 0.15) is 4.90 Å². The van der Waals surface area contributed by atoms with E-state index < -0.39 is 20.2 Å². The van der Waals surface area contributed by atoms with Crippen LogP contribution in [0, 0.1) is 0 Å². The zero-order valence-corrected chi connectivity index (χ0v) is 22.0. The summed E-state index contributed by atoms with van der Waals surface area (Å²) in [6, 6.07) is 18.4. The van der Waals surface area contributed by atoms with Gasteiger partial charge in [-0.2, -0.15) is 12.7 Å². The molecule has 1 saturated heterocycles. The molecule has 0 spiro atoms. The number of nitrogens with zero attached hydrogens (tertiary/aromatic N) is 3. The molecule has 0 unspecified atom stereocenters. The lowest BCUT2D eigenvalue weighted by molar-refractivity contribution is 0.511. The molecule has 1 fully saturated rings. The van der Waals surface area contributed by atoms with Crippen LogP contribution in [0.3, 0.4) is 0 Å². The molecular formula is C24H20Cl2N4O4S2. The van der Waals surface area contributed by atoms with E-state index in [1.54, 1.807) is 24.4 Å². The highest BCUT2D eigenvalue weighted by molar-refractivity contribution is 7.93. The molecule has 1 aliphatic rings. The van der Waals surface area contributed by atoms with Crippen molar-refractivity contribution in [3.8, 4) is 11.3 Å². The van der Waals surface area contributed by atoms with Crippen LogP contribution in [0.1, 0.15) is 0 Å². The van der Waals surface area contributed by atoms with E-state index >= 15 is 0 Å². The van der Waals surface area contributed by atoms with Crippen molar-refractivity contribution in [2.75, 3.05) is 29.2 Å². The standard InChI is InChI=1S/C24H20Cl2N4O4S2/c1-29-12-13-30(36(29,33)34)18-7-9-23(22(26)15-18)35(31,32)28-17-6-8-21(25)20(14-17)24-19-5-3-2-4-16(19)10-11-27-24/h2-11,14-15,28H,12-13H2,1H3. The molecule has 0 atom stereocenters. The van der Waals surface area contributed by atoms with Gasteiger partial charge in [0.15, 0.2) is 0 Å². The molecule has 1 N–H and O–H groups in total. The summed E-state index contributed by atoms with van der Waals surface area (Å²) in [5, 5.41) is 2.17. The quantitative estimate of drug-likeness (QED) is 0.368. The highest BCUT2D eigenvalue weighted by atomic mass is 35.5. The number of hydrogen-bond donors (Lipinski definition) is 1. The summed E-state index contributed by atoms with van der Waals surface area (Å²) in [4.78, 5) is 4.29. The zero-order chi connectivity index (χ0) is 25.7. The zero-order valence-electron chi connectivity index (χ0n) is 18.9. The van der Waals surface area contributed by atoms with E-state index in [0.717, 1.165) is 10.8 Å². The number of fused-ring (bicyclic) bond motifs is 1. The first-order chi connectivity index (χ1) is 17.1. The predicted molar refractivity (Wildman–Crippen MR) is 143 cm³/mol. The minimum atomic E-state index is -4.10. The fourth-order valence-electron chi connectivity index (χ4n) is 4.07. The largest absolute Gasteiger partial charge is 0.303 e. The number of hydrogen-bond acceptors (Lipinski definition) is 5. The third kappa shape index (κ3) is 4.39. The van der Waals surface area contributed by atoms with Crippen molar-refractivity contribution in [2.45, 2.75) is 4.90 Å². The Kier molecular flexibility index (Phi) is 6.34. The Hall–Kier alpha value is -2.89. The van der Waals surface area contributed by atoms with Crippen LogP contribution in [-0.2, 0) is 20.2 Å². The number of benzene rings is 3. The number of anilines is 2. The van der Waals surface area contributed by atoms with Gasteiger partial charge in [-0.05, 0) is 47.9 Å². The molecule has 0 amide bonds. The Morgan fingerprint density at radius 2 is 1.72 bits per heavy atom. The summed E-state index contributed by atoms with van der Waals surface area (Å²) in [5.74, 6) is 0. The normalized spacial score (nSPS) is 15.9. The van der Waals surface area contributed by atoms with E-state index in [9.17, 15) is 16.8 Å². The van der Waals surface area contributed by atoms with E-state index in [0.29, 0.717) is 28.5 Å². The Bertz CT molecular complexity index is 1710. The van der Waals surface area contributed by atoms with Crippen LogP contribution < -0.4 is 9.03 Å². The Morgan fingerprint density at radius 3 is 2.44 bits per heavy atom. The van der Waals surface area contributed by atoms with Crippen LogP contribution >= 0.6 is 23.2 Å². The van der Waals surface area contributed by atoms with Crippen molar-refractivity contribution in [3.05, 3.63) is 83.0 Å². The van der Waals surface area contributed by atoms with Crippen LogP contribution in [0.2, 0.25) is 10.0 Å². The fourth-order valence-corrected chi connectivity index (χ4v) is 7.21. The maximum Gasteiger partial charge on any atom is 0.303 e. The molecule has 12 heteroatoms. The van der Waals surface area contributed by atoms with Gasteiger partial charge in [0.2, 0.25) is 0 Å². The minimum Gasteiger partial charge on any atom is -0.280 e. The number of nitrogens with one attached hydrogen (secondary N) is 1. The summed E-state index contributed by atoms with van der Waals surface area (Å²) in [7, 11) is -6.28. The van der Waals surface area contributed by atoms with Crippen LogP contribution in [0.5, 0.6) is 0 Å². The number of sulfonamides is 1. The molecule has 0 bridgehead atoms. The predicted octanol–water partition coefficient (Wildman–Crippen LogP) is 5.01. The van der Waals surface area contributed by atoms with E-state index in [2.05, 4.69) is 9.71 Å². The van der Waals surface area contributed by atoms with Gasteiger partial charge < -0.3 is 0 Å². The molecule has 0 saturated carbocycles. The first-order valence-electron chi connectivity index (χ1n) is 10.8. The van der Waals surface area contributed by atoms with Crippen molar-refractivity contribution in [2.24, 2.45) is 0 Å². The molecule has 5 rings (SSSR count). The van der Waals surface area contributed by atoms with Gasteiger partial charge in [0.25, 0.3) is 10.0 Å². The molecule has 3 aromatic carbocycles. The highest BCUT2D eigenvalue weighted by Gasteiger charge is 2.34. The molecule has 36 heavy (non-hydrogen) atoms. The topological polar surface area (TPSA) is 99.7 Å². The summed E-state index contributed by atoms with van der Waals surface area (Å²) in [5.41, 5.74) is 1.75. The smallest absolute Gasteiger partial charge is 0.280 e. The van der Waals surface area contributed by atoms with E-state index in [-0.39, 0.29) is 22.2 Å². The highest BCUT2D eigenvalue weighted by Crippen LogP contribution is 2.35. The van der Waals surface area contributed by atoms with Crippen molar-refractivity contribution < 1.29 is 16.8 Å². The van der Waals surface area contributed by atoms with Crippen LogP contribution in [0.15, 0.2) is 77.8 Å². The molecule has 0 radical (unpaired) electrons. The molecule has 4 aromatic rings. The Morgan fingerprint density at radius 1 is 0.944 bits per heavy atom. The van der Waals surface area contributed by atoms with Crippen molar-refractivity contribution in [1.82, 2.24) is 9.29 Å². The Balaban J connectivity index is 1.48. The Labute approximate surface area is 219 Å². The molecule has 8 nitrogen and oxygen atoms in total. The monoisotopic (exact) mass is 562 g/mol. The first-order valence-corrected chi connectivity index (χ1v) is 14.4. The van der Waals surface area contributed by atoms with E-state index in [1.165, 1.54) is 33.9 Å². The van der Waals surface area contributed by atoms with Gasteiger partial charge in [0.05, 0.1) is 21.4 Å². The van der Waals surface area contributed by atoms with Gasteiger partial charge in [-0.15, -0.1) is 0 Å². The average Bonchev–Trinajstić information content (AvgIpc) is 3.11. The number of halogens is 2. The minimum absolute atomic E-state index is 0.102.